The maximum absolute atomic E-state index is 9.07. The zero-order valence-electron chi connectivity index (χ0n) is 9.36. The van der Waals surface area contributed by atoms with Crippen LogP contribution in [0.2, 0.25) is 5.02 Å². The molecule has 1 nitrogen and oxygen atoms in total. The normalized spacial score (nSPS) is 10.1. The first-order valence-electron chi connectivity index (χ1n) is 5.26. The van der Waals surface area contributed by atoms with Crippen LogP contribution in [-0.4, -0.2) is 0 Å². The molecule has 0 bridgehead atoms. The van der Waals surface area contributed by atoms with Crippen LogP contribution in [0.15, 0.2) is 51.8 Å². The summed E-state index contributed by atoms with van der Waals surface area (Å²) in [5.41, 5.74) is 1.89. The first-order chi connectivity index (χ1) is 8.69. The standard InChI is InChI=1S/C14H9BrClNS/c15-12-3-6-14(11(7-12)8-17)18-9-10-1-4-13(16)5-2-10/h1-7H,9H2. The van der Waals surface area contributed by atoms with Gasteiger partial charge in [0.2, 0.25) is 0 Å². The van der Waals surface area contributed by atoms with E-state index in [9.17, 15) is 0 Å². The van der Waals surface area contributed by atoms with Gasteiger partial charge in [0, 0.05) is 20.1 Å². The van der Waals surface area contributed by atoms with Crippen LogP contribution >= 0.6 is 39.3 Å². The van der Waals surface area contributed by atoms with Crippen molar-refractivity contribution in [2.24, 2.45) is 0 Å². The number of halogens is 2. The molecule has 2 rings (SSSR count). The van der Waals surface area contributed by atoms with Crippen molar-refractivity contribution in [3.05, 3.63) is 63.1 Å². The Morgan fingerprint density at radius 1 is 1.17 bits per heavy atom. The lowest BCUT2D eigenvalue weighted by molar-refractivity contribution is 1.33. The van der Waals surface area contributed by atoms with E-state index in [0.29, 0.717) is 5.56 Å². The van der Waals surface area contributed by atoms with Crippen LogP contribution in [0.25, 0.3) is 0 Å². The van der Waals surface area contributed by atoms with E-state index in [1.54, 1.807) is 11.8 Å². The van der Waals surface area contributed by atoms with Gasteiger partial charge in [0.15, 0.2) is 0 Å². The van der Waals surface area contributed by atoms with Crippen LogP contribution in [0.1, 0.15) is 11.1 Å². The summed E-state index contributed by atoms with van der Waals surface area (Å²) in [6.07, 6.45) is 0. The molecule has 0 radical (unpaired) electrons. The average Bonchev–Trinajstić information content (AvgIpc) is 2.39. The summed E-state index contributed by atoms with van der Waals surface area (Å²) in [7, 11) is 0. The minimum Gasteiger partial charge on any atom is -0.192 e. The molecule has 0 fully saturated rings. The lowest BCUT2D eigenvalue weighted by Gasteiger charge is -2.04. The largest absolute Gasteiger partial charge is 0.192 e. The molecule has 0 aliphatic heterocycles. The zero-order valence-corrected chi connectivity index (χ0v) is 12.5. The van der Waals surface area contributed by atoms with Gasteiger partial charge in [-0.2, -0.15) is 5.26 Å². The maximum atomic E-state index is 9.07. The highest BCUT2D eigenvalue weighted by Crippen LogP contribution is 2.28. The minimum atomic E-state index is 0.698. The number of rotatable bonds is 3. The van der Waals surface area contributed by atoms with Gasteiger partial charge in [0.05, 0.1) is 5.56 Å². The Morgan fingerprint density at radius 2 is 1.89 bits per heavy atom. The molecule has 0 unspecified atom stereocenters. The predicted molar refractivity (Wildman–Crippen MR) is 79.9 cm³/mol. The summed E-state index contributed by atoms with van der Waals surface area (Å²) in [5, 5.41) is 9.82. The molecule has 0 heterocycles. The molecule has 0 amide bonds. The van der Waals surface area contributed by atoms with E-state index in [2.05, 4.69) is 22.0 Å². The first kappa shape index (κ1) is 13.5. The molecule has 0 saturated heterocycles. The molecule has 2 aromatic rings. The summed E-state index contributed by atoms with van der Waals surface area (Å²) >= 11 is 10.9. The lowest BCUT2D eigenvalue weighted by Crippen LogP contribution is -1.84. The van der Waals surface area contributed by atoms with Crippen molar-refractivity contribution < 1.29 is 0 Å². The fourth-order valence-electron chi connectivity index (χ4n) is 1.46. The third-order valence-electron chi connectivity index (χ3n) is 2.37. The Balaban J connectivity index is 2.11. The van der Waals surface area contributed by atoms with Crippen LogP contribution in [0.5, 0.6) is 0 Å². The van der Waals surface area contributed by atoms with Crippen LogP contribution < -0.4 is 0 Å². The Kier molecular flexibility index (Phi) is 4.71. The van der Waals surface area contributed by atoms with E-state index in [1.807, 2.05) is 42.5 Å². The molecule has 0 atom stereocenters. The van der Waals surface area contributed by atoms with E-state index in [1.165, 1.54) is 5.56 Å². The zero-order chi connectivity index (χ0) is 13.0. The van der Waals surface area contributed by atoms with Crippen molar-refractivity contribution in [3.8, 4) is 6.07 Å². The maximum Gasteiger partial charge on any atom is 0.100 e. The highest BCUT2D eigenvalue weighted by Gasteiger charge is 2.04. The molecular formula is C14H9BrClNS. The summed E-state index contributed by atoms with van der Waals surface area (Å²) in [5.74, 6) is 0.827. The molecule has 90 valence electrons. The van der Waals surface area contributed by atoms with Crippen molar-refractivity contribution >= 4 is 39.3 Å². The molecule has 18 heavy (non-hydrogen) atoms. The highest BCUT2D eigenvalue weighted by molar-refractivity contribution is 9.10. The van der Waals surface area contributed by atoms with Crippen LogP contribution in [-0.2, 0) is 5.75 Å². The first-order valence-corrected chi connectivity index (χ1v) is 7.41. The number of hydrogen-bond acceptors (Lipinski definition) is 2. The molecule has 0 aliphatic rings. The van der Waals surface area contributed by atoms with Crippen molar-refractivity contribution in [3.63, 3.8) is 0 Å². The van der Waals surface area contributed by atoms with Crippen molar-refractivity contribution in [1.82, 2.24) is 0 Å². The monoisotopic (exact) mass is 337 g/mol. The van der Waals surface area contributed by atoms with E-state index in [4.69, 9.17) is 16.9 Å². The second-order valence-electron chi connectivity index (χ2n) is 3.67. The molecule has 0 aliphatic carbocycles. The average molecular weight is 339 g/mol. The highest BCUT2D eigenvalue weighted by atomic mass is 79.9. The number of nitrogens with zero attached hydrogens (tertiary/aromatic N) is 1. The van der Waals surface area contributed by atoms with Crippen LogP contribution in [0.3, 0.4) is 0 Å². The fourth-order valence-corrected chi connectivity index (χ4v) is 2.88. The molecule has 4 heteroatoms. The van der Waals surface area contributed by atoms with Crippen LogP contribution in [0.4, 0.5) is 0 Å². The predicted octanol–water partition coefficient (Wildman–Crippen LogP) is 5.27. The van der Waals surface area contributed by atoms with Crippen molar-refractivity contribution in [2.45, 2.75) is 10.6 Å². The number of nitriles is 1. The summed E-state index contributed by atoms with van der Waals surface area (Å²) < 4.78 is 0.926. The molecule has 0 spiro atoms. The Morgan fingerprint density at radius 3 is 2.56 bits per heavy atom. The lowest BCUT2D eigenvalue weighted by atomic mass is 10.2. The minimum absolute atomic E-state index is 0.698. The van der Waals surface area contributed by atoms with E-state index >= 15 is 0 Å². The van der Waals surface area contributed by atoms with Gasteiger partial charge in [0.25, 0.3) is 0 Å². The topological polar surface area (TPSA) is 23.8 Å². The number of thioether (sulfide) groups is 1. The van der Waals surface area contributed by atoms with Crippen LogP contribution in [0, 0.1) is 11.3 Å². The smallest absolute Gasteiger partial charge is 0.100 e. The van der Waals surface area contributed by atoms with Crippen molar-refractivity contribution in [2.75, 3.05) is 0 Å². The second kappa shape index (κ2) is 6.29. The van der Waals surface area contributed by atoms with Gasteiger partial charge in [-0.3, -0.25) is 0 Å². The fraction of sp³-hybridized carbons (Fsp3) is 0.0714. The van der Waals surface area contributed by atoms with E-state index in [0.717, 1.165) is 20.1 Å². The summed E-state index contributed by atoms with van der Waals surface area (Å²) in [6, 6.07) is 15.7. The van der Waals surface area contributed by atoms with E-state index < -0.39 is 0 Å². The summed E-state index contributed by atoms with van der Waals surface area (Å²) in [6.45, 7) is 0. The molecule has 0 saturated carbocycles. The number of hydrogen-bond donors (Lipinski definition) is 0. The van der Waals surface area contributed by atoms with Gasteiger partial charge in [-0.1, -0.05) is 39.7 Å². The van der Waals surface area contributed by atoms with E-state index in [-0.39, 0.29) is 0 Å². The van der Waals surface area contributed by atoms with Gasteiger partial charge in [-0.05, 0) is 35.9 Å². The summed E-state index contributed by atoms with van der Waals surface area (Å²) in [4.78, 5) is 0.996. The molecular weight excluding hydrogens is 330 g/mol. The van der Waals surface area contributed by atoms with Gasteiger partial charge in [-0.25, -0.2) is 0 Å². The van der Waals surface area contributed by atoms with Gasteiger partial charge >= 0.3 is 0 Å². The van der Waals surface area contributed by atoms with Crippen molar-refractivity contribution in [1.29, 1.82) is 5.26 Å². The molecule has 2 aromatic carbocycles. The number of benzene rings is 2. The Labute approximate surface area is 124 Å². The third kappa shape index (κ3) is 3.52. The Hall–Kier alpha value is -0.950. The SMILES string of the molecule is N#Cc1cc(Br)ccc1SCc1ccc(Cl)cc1. The third-order valence-corrected chi connectivity index (χ3v) is 4.26. The van der Waals surface area contributed by atoms with Gasteiger partial charge in [-0.15, -0.1) is 11.8 Å². The quantitative estimate of drug-likeness (QED) is 0.712. The second-order valence-corrected chi connectivity index (χ2v) is 6.04. The van der Waals surface area contributed by atoms with Gasteiger partial charge < -0.3 is 0 Å². The Bertz CT molecular complexity index is 590. The molecule has 0 N–H and O–H groups in total. The molecule has 0 aromatic heterocycles. The van der Waals surface area contributed by atoms with Gasteiger partial charge in [0.1, 0.15) is 6.07 Å².